The van der Waals surface area contributed by atoms with Crippen molar-refractivity contribution in [3.8, 4) is 0 Å². The van der Waals surface area contributed by atoms with E-state index in [1.54, 1.807) is 0 Å². The number of carbonyl (C=O) groups excluding carboxylic acids is 2. The summed E-state index contributed by atoms with van der Waals surface area (Å²) in [6, 6.07) is -0.588. The van der Waals surface area contributed by atoms with Gasteiger partial charge >= 0.3 is 12.0 Å². The summed E-state index contributed by atoms with van der Waals surface area (Å²) in [7, 11) is 0. The number of hydrogen-bond acceptors (Lipinski definition) is 3. The van der Waals surface area contributed by atoms with Crippen molar-refractivity contribution in [2.45, 2.75) is 32.6 Å². The van der Waals surface area contributed by atoms with Gasteiger partial charge in [0.25, 0.3) is 5.91 Å². The van der Waals surface area contributed by atoms with Gasteiger partial charge in [0, 0.05) is 18.7 Å². The molecule has 0 aromatic heterocycles. The highest BCUT2D eigenvalue weighted by molar-refractivity contribution is 6.02. The second kappa shape index (κ2) is 6.18. The van der Waals surface area contributed by atoms with E-state index < -0.39 is 17.9 Å². The van der Waals surface area contributed by atoms with E-state index in [0.29, 0.717) is 12.6 Å². The molecule has 0 bridgehead atoms. The number of carboxylic acid groups (broad SMARTS) is 1. The van der Waals surface area contributed by atoms with Gasteiger partial charge in [0.15, 0.2) is 0 Å². The molecule has 6 heteroatoms. The molecule has 0 unspecified atom stereocenters. The number of carbonyl (C=O) groups is 3. The fourth-order valence-corrected chi connectivity index (χ4v) is 1.94. The number of amides is 3. The highest BCUT2D eigenvalue weighted by atomic mass is 16.4. The Morgan fingerprint density at radius 1 is 1.28 bits per heavy atom. The highest BCUT2D eigenvalue weighted by Crippen LogP contribution is 2.42. The van der Waals surface area contributed by atoms with Crippen LogP contribution >= 0.6 is 0 Å². The van der Waals surface area contributed by atoms with Crippen LogP contribution in [0.25, 0.3) is 0 Å². The van der Waals surface area contributed by atoms with Crippen LogP contribution in [0, 0.1) is 5.41 Å². The van der Waals surface area contributed by atoms with Crippen LogP contribution in [0.1, 0.15) is 32.6 Å². The molecule has 1 rings (SSSR count). The zero-order valence-corrected chi connectivity index (χ0v) is 10.4. The smallest absolute Gasteiger partial charge is 0.328 e. The third-order valence-electron chi connectivity index (χ3n) is 3.40. The molecule has 0 radical (unpaired) electrons. The first-order valence-electron chi connectivity index (χ1n) is 5.97. The summed E-state index contributed by atoms with van der Waals surface area (Å²) in [5.74, 6) is -1.97. The zero-order valence-electron chi connectivity index (χ0n) is 10.4. The molecule has 1 aliphatic carbocycles. The normalized spacial score (nSPS) is 16.9. The number of hydrogen-bond donors (Lipinski definition) is 3. The second-order valence-electron chi connectivity index (χ2n) is 4.55. The topological polar surface area (TPSA) is 95.5 Å². The third kappa shape index (κ3) is 4.20. The molecule has 3 N–H and O–H groups in total. The quantitative estimate of drug-likeness (QED) is 0.638. The van der Waals surface area contributed by atoms with Gasteiger partial charge in [0.1, 0.15) is 0 Å². The van der Waals surface area contributed by atoms with Crippen molar-refractivity contribution in [2.75, 3.05) is 6.54 Å². The fourth-order valence-electron chi connectivity index (χ4n) is 1.94. The van der Waals surface area contributed by atoms with E-state index in [1.165, 1.54) is 6.42 Å². The van der Waals surface area contributed by atoms with Gasteiger partial charge in [-0.3, -0.25) is 10.1 Å². The van der Waals surface area contributed by atoms with E-state index >= 15 is 0 Å². The van der Waals surface area contributed by atoms with Gasteiger partial charge in [-0.15, -0.1) is 0 Å². The molecular formula is C12H18N2O4. The number of imide groups is 1. The molecule has 0 aliphatic heterocycles. The molecule has 100 valence electrons. The summed E-state index contributed by atoms with van der Waals surface area (Å²) >= 11 is 0. The molecule has 0 atom stereocenters. The SMILES string of the molecule is CCC1(CNC(=O)NC(=O)/C=C/C(=O)O)CCC1. The summed E-state index contributed by atoms with van der Waals surface area (Å²) in [5.41, 5.74) is 0.178. The summed E-state index contributed by atoms with van der Waals surface area (Å²) in [6.45, 7) is 2.63. The molecule has 0 aromatic carbocycles. The van der Waals surface area contributed by atoms with Crippen LogP contribution in [0.15, 0.2) is 12.2 Å². The van der Waals surface area contributed by atoms with Gasteiger partial charge in [-0.1, -0.05) is 13.3 Å². The average Bonchev–Trinajstić information content (AvgIpc) is 2.25. The molecule has 0 spiro atoms. The number of urea groups is 1. The monoisotopic (exact) mass is 254 g/mol. The summed E-state index contributed by atoms with van der Waals surface area (Å²) in [4.78, 5) is 32.7. The van der Waals surface area contributed by atoms with Gasteiger partial charge in [0.05, 0.1) is 0 Å². The molecule has 1 saturated carbocycles. The third-order valence-corrected chi connectivity index (χ3v) is 3.40. The Morgan fingerprint density at radius 3 is 2.39 bits per heavy atom. The second-order valence-corrected chi connectivity index (χ2v) is 4.55. The van der Waals surface area contributed by atoms with E-state index in [2.05, 4.69) is 12.2 Å². The number of aliphatic carboxylic acids is 1. The first-order chi connectivity index (χ1) is 8.47. The molecule has 0 aromatic rings. The zero-order chi connectivity index (χ0) is 13.6. The standard InChI is InChI=1S/C12H18N2O4/c1-2-12(6-3-7-12)8-13-11(18)14-9(15)4-5-10(16)17/h4-5H,2-3,6-8H2,1H3,(H,16,17)(H2,13,14,15,18)/b5-4+. The maximum atomic E-state index is 11.4. The first kappa shape index (κ1) is 14.2. The van der Waals surface area contributed by atoms with Crippen LogP contribution in [0.4, 0.5) is 4.79 Å². The fraction of sp³-hybridized carbons (Fsp3) is 0.583. The predicted octanol–water partition coefficient (Wildman–Crippen LogP) is 1.03. The minimum Gasteiger partial charge on any atom is -0.478 e. The van der Waals surface area contributed by atoms with Crippen molar-refractivity contribution >= 4 is 17.9 Å². The first-order valence-corrected chi connectivity index (χ1v) is 5.97. The van der Waals surface area contributed by atoms with Crippen LogP contribution in [-0.4, -0.2) is 29.6 Å². The molecule has 0 saturated heterocycles. The number of carboxylic acids is 1. The van der Waals surface area contributed by atoms with E-state index in [-0.39, 0.29) is 5.41 Å². The van der Waals surface area contributed by atoms with Crippen molar-refractivity contribution in [2.24, 2.45) is 5.41 Å². The minimum absolute atomic E-state index is 0.178. The van der Waals surface area contributed by atoms with Crippen molar-refractivity contribution in [3.63, 3.8) is 0 Å². The van der Waals surface area contributed by atoms with Gasteiger partial charge in [-0.2, -0.15) is 0 Å². The Hall–Kier alpha value is -1.85. The number of rotatable bonds is 5. The van der Waals surface area contributed by atoms with Gasteiger partial charge in [-0.25, -0.2) is 9.59 Å². The van der Waals surface area contributed by atoms with Crippen LogP contribution in [0.3, 0.4) is 0 Å². The van der Waals surface area contributed by atoms with Crippen molar-refractivity contribution in [1.82, 2.24) is 10.6 Å². The van der Waals surface area contributed by atoms with Gasteiger partial charge in [0.2, 0.25) is 0 Å². The largest absolute Gasteiger partial charge is 0.478 e. The number of nitrogens with one attached hydrogen (secondary N) is 2. The van der Waals surface area contributed by atoms with E-state index in [0.717, 1.165) is 25.3 Å². The van der Waals surface area contributed by atoms with Crippen molar-refractivity contribution in [1.29, 1.82) is 0 Å². The lowest BCUT2D eigenvalue weighted by molar-refractivity contribution is -0.131. The van der Waals surface area contributed by atoms with Crippen LogP contribution in [-0.2, 0) is 9.59 Å². The molecule has 6 nitrogen and oxygen atoms in total. The summed E-state index contributed by atoms with van der Waals surface area (Å²) in [6.07, 6.45) is 5.85. The maximum absolute atomic E-state index is 11.4. The molecule has 3 amide bonds. The molecule has 0 heterocycles. The lowest BCUT2D eigenvalue weighted by Crippen LogP contribution is -2.46. The Bertz CT molecular complexity index is 367. The van der Waals surface area contributed by atoms with Crippen molar-refractivity contribution < 1.29 is 19.5 Å². The lowest BCUT2D eigenvalue weighted by atomic mass is 9.67. The van der Waals surface area contributed by atoms with Crippen molar-refractivity contribution in [3.05, 3.63) is 12.2 Å². The highest BCUT2D eigenvalue weighted by Gasteiger charge is 2.35. The molecule has 1 fully saturated rings. The Morgan fingerprint density at radius 2 is 1.94 bits per heavy atom. The van der Waals surface area contributed by atoms with E-state index in [1.807, 2.05) is 5.32 Å². The van der Waals surface area contributed by atoms with Crippen LogP contribution < -0.4 is 10.6 Å². The van der Waals surface area contributed by atoms with E-state index in [4.69, 9.17) is 5.11 Å². The van der Waals surface area contributed by atoms with Gasteiger partial charge < -0.3 is 10.4 Å². The maximum Gasteiger partial charge on any atom is 0.328 e. The summed E-state index contributed by atoms with van der Waals surface area (Å²) in [5, 5.41) is 13.0. The predicted molar refractivity (Wildman–Crippen MR) is 64.9 cm³/mol. The van der Waals surface area contributed by atoms with E-state index in [9.17, 15) is 14.4 Å². The van der Waals surface area contributed by atoms with Crippen LogP contribution in [0.5, 0.6) is 0 Å². The Labute approximate surface area is 105 Å². The lowest BCUT2D eigenvalue weighted by Gasteiger charge is -2.41. The summed E-state index contributed by atoms with van der Waals surface area (Å²) < 4.78 is 0. The van der Waals surface area contributed by atoms with Crippen LogP contribution in [0.2, 0.25) is 0 Å². The van der Waals surface area contributed by atoms with Gasteiger partial charge in [-0.05, 0) is 24.7 Å². The Balaban J connectivity index is 2.29. The molecular weight excluding hydrogens is 236 g/mol. The average molecular weight is 254 g/mol. The molecule has 1 aliphatic rings. The molecule has 18 heavy (non-hydrogen) atoms. The minimum atomic E-state index is -1.23. The Kier molecular flexibility index (Phi) is 4.88.